The summed E-state index contributed by atoms with van der Waals surface area (Å²) in [6.07, 6.45) is 5.00. The van der Waals surface area contributed by atoms with Gasteiger partial charge < -0.3 is 14.5 Å². The zero-order valence-electron chi connectivity index (χ0n) is 12.7. The van der Waals surface area contributed by atoms with Crippen molar-refractivity contribution in [1.82, 2.24) is 10.3 Å². The lowest BCUT2D eigenvalue weighted by molar-refractivity contribution is 0.0951. The first-order chi connectivity index (χ1) is 11.3. The van der Waals surface area contributed by atoms with E-state index < -0.39 is 0 Å². The number of carbonyl (C=O) groups excluding carboxylic acids is 1. The molecule has 23 heavy (non-hydrogen) atoms. The SMILES string of the molecule is COc1ccc(C(=O)NCc2ccc(-c3ccoc3)nc2)cc1. The molecule has 0 fully saturated rings. The van der Waals surface area contributed by atoms with Crippen LogP contribution in [0.4, 0.5) is 0 Å². The summed E-state index contributed by atoms with van der Waals surface area (Å²) in [7, 11) is 1.59. The summed E-state index contributed by atoms with van der Waals surface area (Å²) < 4.78 is 10.1. The molecule has 0 radical (unpaired) electrons. The van der Waals surface area contributed by atoms with Crippen molar-refractivity contribution in [3.05, 3.63) is 72.3 Å². The first kappa shape index (κ1) is 14.8. The Kier molecular flexibility index (Phi) is 4.38. The maximum absolute atomic E-state index is 12.1. The van der Waals surface area contributed by atoms with E-state index in [1.807, 2.05) is 18.2 Å². The lowest BCUT2D eigenvalue weighted by Gasteiger charge is -2.06. The summed E-state index contributed by atoms with van der Waals surface area (Å²) >= 11 is 0. The van der Waals surface area contributed by atoms with E-state index >= 15 is 0 Å². The van der Waals surface area contributed by atoms with Gasteiger partial charge in [-0.25, -0.2) is 0 Å². The molecule has 0 bridgehead atoms. The third-order valence-electron chi connectivity index (χ3n) is 3.45. The second kappa shape index (κ2) is 6.79. The van der Waals surface area contributed by atoms with E-state index in [0.717, 1.165) is 22.6 Å². The van der Waals surface area contributed by atoms with Gasteiger partial charge in [-0.15, -0.1) is 0 Å². The molecule has 0 saturated heterocycles. The summed E-state index contributed by atoms with van der Waals surface area (Å²) in [6.45, 7) is 0.420. The monoisotopic (exact) mass is 308 g/mol. The molecule has 0 atom stereocenters. The molecule has 0 aliphatic carbocycles. The van der Waals surface area contributed by atoms with Crippen LogP contribution in [0, 0.1) is 0 Å². The molecule has 1 aromatic carbocycles. The zero-order chi connectivity index (χ0) is 16.1. The third-order valence-corrected chi connectivity index (χ3v) is 3.45. The van der Waals surface area contributed by atoms with E-state index in [-0.39, 0.29) is 5.91 Å². The number of benzene rings is 1. The number of ether oxygens (including phenoxy) is 1. The van der Waals surface area contributed by atoms with Crippen LogP contribution >= 0.6 is 0 Å². The van der Waals surface area contributed by atoms with Gasteiger partial charge in [0, 0.05) is 23.9 Å². The number of amides is 1. The average molecular weight is 308 g/mol. The Morgan fingerprint density at radius 1 is 1.17 bits per heavy atom. The van der Waals surface area contributed by atoms with Crippen molar-refractivity contribution in [2.45, 2.75) is 6.54 Å². The van der Waals surface area contributed by atoms with Crippen LogP contribution in [-0.4, -0.2) is 18.0 Å². The molecule has 5 nitrogen and oxygen atoms in total. The fourth-order valence-corrected chi connectivity index (χ4v) is 2.14. The smallest absolute Gasteiger partial charge is 0.251 e. The van der Waals surface area contributed by atoms with E-state index in [1.54, 1.807) is 50.1 Å². The van der Waals surface area contributed by atoms with Crippen LogP contribution < -0.4 is 10.1 Å². The Hall–Kier alpha value is -3.08. The standard InChI is InChI=1S/C18H16N2O3/c1-22-16-5-3-14(4-6-16)18(21)20-11-13-2-7-17(19-10-13)15-8-9-23-12-15/h2-10,12H,11H2,1H3,(H,20,21). The second-order valence-electron chi connectivity index (χ2n) is 4.97. The van der Waals surface area contributed by atoms with E-state index in [0.29, 0.717) is 12.1 Å². The minimum atomic E-state index is -0.133. The summed E-state index contributed by atoms with van der Waals surface area (Å²) in [5.74, 6) is 0.590. The highest BCUT2D eigenvalue weighted by molar-refractivity contribution is 5.94. The molecule has 1 N–H and O–H groups in total. The summed E-state index contributed by atoms with van der Waals surface area (Å²) in [5.41, 5.74) is 3.29. The van der Waals surface area contributed by atoms with Crippen molar-refractivity contribution in [3.8, 4) is 17.0 Å². The van der Waals surface area contributed by atoms with Gasteiger partial charge in [-0.05, 0) is 42.0 Å². The molecule has 116 valence electrons. The van der Waals surface area contributed by atoms with Crippen LogP contribution in [0.2, 0.25) is 0 Å². The highest BCUT2D eigenvalue weighted by Gasteiger charge is 2.06. The van der Waals surface area contributed by atoms with E-state index in [4.69, 9.17) is 9.15 Å². The Morgan fingerprint density at radius 2 is 2.00 bits per heavy atom. The molecule has 2 heterocycles. The number of furan rings is 1. The lowest BCUT2D eigenvalue weighted by atomic mass is 10.1. The lowest BCUT2D eigenvalue weighted by Crippen LogP contribution is -2.22. The molecule has 1 amide bonds. The maximum Gasteiger partial charge on any atom is 0.251 e. The summed E-state index contributed by atoms with van der Waals surface area (Å²) in [4.78, 5) is 16.5. The Bertz CT molecular complexity index is 763. The van der Waals surface area contributed by atoms with Gasteiger partial charge in [0.05, 0.1) is 25.3 Å². The van der Waals surface area contributed by atoms with Crippen molar-refractivity contribution in [2.24, 2.45) is 0 Å². The van der Waals surface area contributed by atoms with Crippen LogP contribution in [0.3, 0.4) is 0 Å². The fraction of sp³-hybridized carbons (Fsp3) is 0.111. The predicted molar refractivity (Wildman–Crippen MR) is 86.1 cm³/mol. The molecule has 0 aliphatic rings. The van der Waals surface area contributed by atoms with Crippen LogP contribution in [0.1, 0.15) is 15.9 Å². The highest BCUT2D eigenvalue weighted by atomic mass is 16.5. The van der Waals surface area contributed by atoms with Gasteiger partial charge in [0.1, 0.15) is 5.75 Å². The number of pyridine rings is 1. The largest absolute Gasteiger partial charge is 0.497 e. The molecule has 0 spiro atoms. The minimum Gasteiger partial charge on any atom is -0.497 e. The molecule has 2 aromatic heterocycles. The number of methoxy groups -OCH3 is 1. The fourth-order valence-electron chi connectivity index (χ4n) is 2.14. The number of carbonyl (C=O) groups is 1. The van der Waals surface area contributed by atoms with E-state index in [2.05, 4.69) is 10.3 Å². The van der Waals surface area contributed by atoms with Gasteiger partial charge in [0.2, 0.25) is 0 Å². The van der Waals surface area contributed by atoms with Gasteiger partial charge in [-0.3, -0.25) is 9.78 Å². The van der Waals surface area contributed by atoms with Gasteiger partial charge >= 0.3 is 0 Å². The average Bonchev–Trinajstić information content (AvgIpc) is 3.15. The Labute approximate surface area is 133 Å². The van der Waals surface area contributed by atoms with Gasteiger partial charge in [-0.1, -0.05) is 6.07 Å². The van der Waals surface area contributed by atoms with Crippen molar-refractivity contribution < 1.29 is 13.9 Å². The molecule has 5 heteroatoms. The molecular weight excluding hydrogens is 292 g/mol. The maximum atomic E-state index is 12.1. The minimum absolute atomic E-state index is 0.133. The Balaban J connectivity index is 1.60. The quantitative estimate of drug-likeness (QED) is 0.785. The van der Waals surface area contributed by atoms with Crippen LogP contribution in [0.5, 0.6) is 5.75 Å². The van der Waals surface area contributed by atoms with Crippen LogP contribution in [0.15, 0.2) is 65.6 Å². The number of hydrogen-bond acceptors (Lipinski definition) is 4. The van der Waals surface area contributed by atoms with E-state index in [9.17, 15) is 4.79 Å². The molecule has 0 saturated carbocycles. The second-order valence-corrected chi connectivity index (χ2v) is 4.97. The third kappa shape index (κ3) is 3.58. The molecule has 3 rings (SSSR count). The molecule has 0 unspecified atom stereocenters. The molecule has 0 aliphatic heterocycles. The number of nitrogens with zero attached hydrogens (tertiary/aromatic N) is 1. The highest BCUT2D eigenvalue weighted by Crippen LogP contribution is 2.17. The number of rotatable bonds is 5. The molecular formula is C18H16N2O3. The summed E-state index contributed by atoms with van der Waals surface area (Å²) in [6, 6.07) is 12.7. The first-order valence-electron chi connectivity index (χ1n) is 7.16. The van der Waals surface area contributed by atoms with Crippen molar-refractivity contribution in [3.63, 3.8) is 0 Å². The zero-order valence-corrected chi connectivity index (χ0v) is 12.7. The first-order valence-corrected chi connectivity index (χ1v) is 7.16. The Morgan fingerprint density at radius 3 is 2.61 bits per heavy atom. The molecule has 3 aromatic rings. The number of nitrogens with one attached hydrogen (secondary N) is 1. The van der Waals surface area contributed by atoms with Crippen molar-refractivity contribution in [1.29, 1.82) is 0 Å². The van der Waals surface area contributed by atoms with Crippen LogP contribution in [0.25, 0.3) is 11.3 Å². The van der Waals surface area contributed by atoms with Crippen molar-refractivity contribution in [2.75, 3.05) is 7.11 Å². The van der Waals surface area contributed by atoms with Gasteiger partial charge in [0.15, 0.2) is 0 Å². The topological polar surface area (TPSA) is 64.4 Å². The summed E-state index contributed by atoms with van der Waals surface area (Å²) in [5, 5.41) is 2.87. The number of hydrogen-bond donors (Lipinski definition) is 1. The van der Waals surface area contributed by atoms with Crippen LogP contribution in [-0.2, 0) is 6.54 Å². The number of aromatic nitrogens is 1. The van der Waals surface area contributed by atoms with E-state index in [1.165, 1.54) is 0 Å². The normalized spacial score (nSPS) is 10.3. The van der Waals surface area contributed by atoms with Crippen molar-refractivity contribution >= 4 is 5.91 Å². The van der Waals surface area contributed by atoms with Gasteiger partial charge in [-0.2, -0.15) is 0 Å². The van der Waals surface area contributed by atoms with Gasteiger partial charge in [0.25, 0.3) is 5.91 Å². The predicted octanol–water partition coefficient (Wildman–Crippen LogP) is 3.28.